The van der Waals surface area contributed by atoms with E-state index in [2.05, 4.69) is 26.9 Å². The SMILES string of the molecule is S=c1[nH]nc(C2c3ccccc3Oc3ccccc32)n1C[C@@H]1CCCO1. The molecule has 1 fully saturated rings. The average molecular weight is 365 g/mol. The molecule has 6 heteroatoms. The van der Waals surface area contributed by atoms with E-state index in [1.807, 2.05) is 36.4 Å². The van der Waals surface area contributed by atoms with E-state index in [1.54, 1.807) is 0 Å². The normalized spacial score (nSPS) is 19.0. The minimum Gasteiger partial charge on any atom is -0.457 e. The van der Waals surface area contributed by atoms with Gasteiger partial charge in [-0.2, -0.15) is 5.10 Å². The number of nitrogens with zero attached hydrogens (tertiary/aromatic N) is 2. The molecular weight excluding hydrogens is 346 g/mol. The molecule has 26 heavy (non-hydrogen) atoms. The molecular formula is C20H19N3O2S. The molecule has 5 rings (SSSR count). The molecule has 0 amide bonds. The summed E-state index contributed by atoms with van der Waals surface area (Å²) in [4.78, 5) is 0. The Hall–Kier alpha value is -2.44. The van der Waals surface area contributed by atoms with Crippen LogP contribution in [0.5, 0.6) is 11.5 Å². The highest BCUT2D eigenvalue weighted by Crippen LogP contribution is 2.46. The fourth-order valence-electron chi connectivity index (χ4n) is 3.91. The summed E-state index contributed by atoms with van der Waals surface area (Å²) < 4.78 is 14.7. The fraction of sp³-hybridized carbons (Fsp3) is 0.300. The van der Waals surface area contributed by atoms with Crippen LogP contribution in [0.2, 0.25) is 0 Å². The van der Waals surface area contributed by atoms with Crippen LogP contribution in [0, 0.1) is 4.77 Å². The molecule has 0 radical (unpaired) electrons. The standard InChI is InChI=1S/C20H19N3O2S/c26-20-22-21-19(23(20)12-13-6-5-11-24-13)18-14-7-1-3-9-16(14)25-17-10-4-2-8-15(17)18/h1-4,7-10,13,18H,5-6,11-12H2,(H,22,26)/t13-/m0/s1. The van der Waals surface area contributed by atoms with Crippen LogP contribution in [0.25, 0.3) is 0 Å². The quantitative estimate of drug-likeness (QED) is 0.547. The average Bonchev–Trinajstić information content (AvgIpc) is 3.31. The van der Waals surface area contributed by atoms with Gasteiger partial charge >= 0.3 is 0 Å². The number of rotatable bonds is 3. The zero-order valence-electron chi connectivity index (χ0n) is 14.2. The van der Waals surface area contributed by atoms with Crippen LogP contribution in [0.1, 0.15) is 35.7 Å². The Morgan fingerprint density at radius 3 is 2.42 bits per heavy atom. The van der Waals surface area contributed by atoms with Crippen LogP contribution >= 0.6 is 12.2 Å². The van der Waals surface area contributed by atoms with Crippen molar-refractivity contribution in [1.29, 1.82) is 0 Å². The highest BCUT2D eigenvalue weighted by Gasteiger charge is 2.32. The first kappa shape index (κ1) is 15.8. The van der Waals surface area contributed by atoms with Crippen LogP contribution in [0.3, 0.4) is 0 Å². The molecule has 2 aromatic carbocycles. The smallest absolute Gasteiger partial charge is 0.195 e. The van der Waals surface area contributed by atoms with Crippen LogP contribution in [-0.2, 0) is 11.3 Å². The molecule has 0 unspecified atom stereocenters. The molecule has 3 heterocycles. The zero-order valence-corrected chi connectivity index (χ0v) is 15.0. The number of ether oxygens (including phenoxy) is 2. The molecule has 2 aliphatic heterocycles. The van der Waals surface area contributed by atoms with Crippen molar-refractivity contribution in [3.05, 3.63) is 70.3 Å². The van der Waals surface area contributed by atoms with Gasteiger partial charge in [-0.05, 0) is 37.2 Å². The lowest BCUT2D eigenvalue weighted by atomic mass is 9.87. The summed E-state index contributed by atoms with van der Waals surface area (Å²) in [5, 5.41) is 7.60. The minimum atomic E-state index is -0.0227. The number of fused-ring (bicyclic) bond motifs is 2. The second-order valence-corrected chi connectivity index (χ2v) is 7.13. The molecule has 0 spiro atoms. The van der Waals surface area contributed by atoms with Crippen molar-refractivity contribution in [2.75, 3.05) is 6.61 Å². The summed E-state index contributed by atoms with van der Waals surface area (Å²) in [6.45, 7) is 1.56. The molecule has 2 aliphatic rings. The van der Waals surface area contributed by atoms with Gasteiger partial charge in [0.2, 0.25) is 0 Å². The second kappa shape index (κ2) is 6.37. The van der Waals surface area contributed by atoms with Gasteiger partial charge in [-0.15, -0.1) is 0 Å². The summed E-state index contributed by atoms with van der Waals surface area (Å²) in [7, 11) is 0. The molecule has 0 aliphatic carbocycles. The number of benzene rings is 2. The van der Waals surface area contributed by atoms with E-state index in [1.165, 1.54) is 0 Å². The molecule has 0 saturated carbocycles. The van der Waals surface area contributed by atoms with Crippen LogP contribution in [-0.4, -0.2) is 27.5 Å². The lowest BCUT2D eigenvalue weighted by Crippen LogP contribution is -2.21. The van der Waals surface area contributed by atoms with Gasteiger partial charge in [0.25, 0.3) is 0 Å². The number of hydrogen-bond donors (Lipinski definition) is 1. The van der Waals surface area contributed by atoms with E-state index in [4.69, 9.17) is 21.7 Å². The molecule has 0 bridgehead atoms. The van der Waals surface area contributed by atoms with Crippen LogP contribution in [0.15, 0.2) is 48.5 Å². The highest BCUT2D eigenvalue weighted by molar-refractivity contribution is 7.71. The van der Waals surface area contributed by atoms with Crippen molar-refractivity contribution >= 4 is 12.2 Å². The van der Waals surface area contributed by atoms with Gasteiger partial charge in [0, 0.05) is 17.7 Å². The summed E-state index contributed by atoms with van der Waals surface area (Å²) >= 11 is 5.53. The molecule has 132 valence electrons. The number of para-hydroxylation sites is 2. The van der Waals surface area contributed by atoms with Gasteiger partial charge < -0.3 is 14.0 Å². The third-order valence-corrected chi connectivity index (χ3v) is 5.45. The van der Waals surface area contributed by atoms with Crippen molar-refractivity contribution in [3.63, 3.8) is 0 Å². The number of hydrogen-bond acceptors (Lipinski definition) is 4. The van der Waals surface area contributed by atoms with Gasteiger partial charge in [-0.3, -0.25) is 5.10 Å². The Morgan fingerprint density at radius 1 is 1.08 bits per heavy atom. The van der Waals surface area contributed by atoms with Gasteiger partial charge in [-0.25, -0.2) is 0 Å². The Labute approximate surface area is 156 Å². The molecule has 1 saturated heterocycles. The monoisotopic (exact) mass is 365 g/mol. The maximum absolute atomic E-state index is 6.11. The minimum absolute atomic E-state index is 0.0227. The van der Waals surface area contributed by atoms with Gasteiger partial charge in [0.1, 0.15) is 17.3 Å². The van der Waals surface area contributed by atoms with Crippen LogP contribution < -0.4 is 4.74 Å². The summed E-state index contributed by atoms with van der Waals surface area (Å²) in [6, 6.07) is 16.3. The Balaban J connectivity index is 1.66. The van der Waals surface area contributed by atoms with Crippen molar-refractivity contribution < 1.29 is 9.47 Å². The topological polar surface area (TPSA) is 52.1 Å². The molecule has 1 atom stereocenters. The molecule has 1 aromatic heterocycles. The van der Waals surface area contributed by atoms with E-state index < -0.39 is 0 Å². The summed E-state index contributed by atoms with van der Waals surface area (Å²) in [5.74, 6) is 2.63. The third kappa shape index (κ3) is 2.57. The predicted molar refractivity (Wildman–Crippen MR) is 100 cm³/mol. The molecule has 1 N–H and O–H groups in total. The van der Waals surface area contributed by atoms with Crippen LogP contribution in [0.4, 0.5) is 0 Å². The first-order valence-electron chi connectivity index (χ1n) is 8.93. The lowest BCUT2D eigenvalue weighted by molar-refractivity contribution is 0.0958. The molecule has 5 nitrogen and oxygen atoms in total. The zero-order chi connectivity index (χ0) is 17.5. The maximum Gasteiger partial charge on any atom is 0.195 e. The maximum atomic E-state index is 6.11. The summed E-state index contributed by atoms with van der Waals surface area (Å²) in [5.41, 5.74) is 2.21. The second-order valence-electron chi connectivity index (χ2n) is 6.74. The molecule has 3 aromatic rings. The third-order valence-electron chi connectivity index (χ3n) is 5.14. The Bertz CT molecular complexity index is 959. The number of H-pyrrole nitrogens is 1. The summed E-state index contributed by atoms with van der Waals surface area (Å²) in [6.07, 6.45) is 2.37. The lowest BCUT2D eigenvalue weighted by Gasteiger charge is -2.28. The predicted octanol–water partition coefficient (Wildman–Crippen LogP) is 4.41. The van der Waals surface area contributed by atoms with Gasteiger partial charge in [0.05, 0.1) is 18.6 Å². The highest BCUT2D eigenvalue weighted by atomic mass is 32.1. The largest absolute Gasteiger partial charge is 0.457 e. The number of aromatic nitrogens is 3. The van der Waals surface area contributed by atoms with Crippen molar-refractivity contribution in [2.45, 2.75) is 31.4 Å². The number of aromatic amines is 1. The van der Waals surface area contributed by atoms with E-state index >= 15 is 0 Å². The van der Waals surface area contributed by atoms with Crippen molar-refractivity contribution in [1.82, 2.24) is 14.8 Å². The van der Waals surface area contributed by atoms with E-state index in [-0.39, 0.29) is 12.0 Å². The van der Waals surface area contributed by atoms with E-state index in [9.17, 15) is 0 Å². The van der Waals surface area contributed by atoms with Gasteiger partial charge in [0.15, 0.2) is 4.77 Å². The van der Waals surface area contributed by atoms with E-state index in [0.29, 0.717) is 4.77 Å². The first-order chi connectivity index (χ1) is 12.8. The first-order valence-corrected chi connectivity index (χ1v) is 9.34. The Morgan fingerprint density at radius 2 is 1.77 bits per heavy atom. The van der Waals surface area contributed by atoms with Crippen molar-refractivity contribution in [3.8, 4) is 11.5 Å². The Kier molecular flexibility index (Phi) is 3.87. The van der Waals surface area contributed by atoms with E-state index in [0.717, 1.165) is 54.4 Å². The van der Waals surface area contributed by atoms with Crippen molar-refractivity contribution in [2.24, 2.45) is 0 Å². The van der Waals surface area contributed by atoms with Gasteiger partial charge in [-0.1, -0.05) is 36.4 Å². The number of nitrogens with one attached hydrogen (secondary N) is 1. The fourth-order valence-corrected chi connectivity index (χ4v) is 4.12.